The van der Waals surface area contributed by atoms with Gasteiger partial charge in [-0.3, -0.25) is 4.79 Å². The van der Waals surface area contributed by atoms with Crippen LogP contribution >= 0.6 is 12.4 Å². The molecule has 0 unspecified atom stereocenters. The SMILES string of the molecule is COCCOCCNC(=O)[C@H]1CCNC1.Cl. The molecule has 0 bridgehead atoms. The number of nitrogens with one attached hydrogen (secondary N) is 2. The fraction of sp³-hybridized carbons (Fsp3) is 0.900. The van der Waals surface area contributed by atoms with Crippen LogP contribution in [-0.2, 0) is 14.3 Å². The van der Waals surface area contributed by atoms with Gasteiger partial charge in [-0.15, -0.1) is 12.4 Å². The number of methoxy groups -OCH3 is 1. The Morgan fingerprint density at radius 2 is 2.25 bits per heavy atom. The van der Waals surface area contributed by atoms with E-state index in [2.05, 4.69) is 10.6 Å². The number of rotatable bonds is 7. The van der Waals surface area contributed by atoms with Gasteiger partial charge >= 0.3 is 0 Å². The fourth-order valence-electron chi connectivity index (χ4n) is 1.51. The molecule has 0 spiro atoms. The van der Waals surface area contributed by atoms with E-state index >= 15 is 0 Å². The zero-order valence-electron chi connectivity index (χ0n) is 9.66. The summed E-state index contributed by atoms with van der Waals surface area (Å²) in [5, 5.41) is 6.02. The van der Waals surface area contributed by atoms with Gasteiger partial charge in [0.1, 0.15) is 0 Å². The second-order valence-electron chi connectivity index (χ2n) is 3.59. The predicted molar refractivity (Wildman–Crippen MR) is 63.9 cm³/mol. The molecule has 0 radical (unpaired) electrons. The van der Waals surface area contributed by atoms with Gasteiger partial charge in [0.25, 0.3) is 0 Å². The van der Waals surface area contributed by atoms with Gasteiger partial charge in [-0.1, -0.05) is 0 Å². The summed E-state index contributed by atoms with van der Waals surface area (Å²) >= 11 is 0. The molecule has 0 saturated carbocycles. The Morgan fingerprint density at radius 3 is 2.88 bits per heavy atom. The molecule has 0 aromatic heterocycles. The van der Waals surface area contributed by atoms with Crippen molar-refractivity contribution in [1.29, 1.82) is 0 Å². The van der Waals surface area contributed by atoms with Crippen LogP contribution in [0, 0.1) is 5.92 Å². The Morgan fingerprint density at radius 1 is 1.44 bits per heavy atom. The van der Waals surface area contributed by atoms with E-state index in [4.69, 9.17) is 9.47 Å². The van der Waals surface area contributed by atoms with Crippen molar-refractivity contribution in [1.82, 2.24) is 10.6 Å². The summed E-state index contributed by atoms with van der Waals surface area (Å²) < 4.78 is 10.1. The molecule has 1 aliphatic rings. The number of hydrogen-bond donors (Lipinski definition) is 2. The average molecular weight is 253 g/mol. The highest BCUT2D eigenvalue weighted by Crippen LogP contribution is 2.06. The summed E-state index contributed by atoms with van der Waals surface area (Å²) in [6, 6.07) is 0. The van der Waals surface area contributed by atoms with Crippen LogP contribution in [0.25, 0.3) is 0 Å². The van der Waals surface area contributed by atoms with Crippen LogP contribution in [-0.4, -0.2) is 52.5 Å². The Kier molecular flexibility index (Phi) is 9.62. The van der Waals surface area contributed by atoms with Crippen LogP contribution in [0.3, 0.4) is 0 Å². The van der Waals surface area contributed by atoms with Gasteiger partial charge in [0, 0.05) is 20.2 Å². The van der Waals surface area contributed by atoms with Crippen LogP contribution in [0.2, 0.25) is 0 Å². The van der Waals surface area contributed by atoms with Gasteiger partial charge in [-0.05, 0) is 13.0 Å². The standard InChI is InChI=1S/C10H20N2O3.ClH/c1-14-6-7-15-5-4-12-10(13)9-2-3-11-8-9;/h9,11H,2-8H2,1H3,(H,12,13);1H/t9-;/m0./s1. The van der Waals surface area contributed by atoms with Crippen molar-refractivity contribution >= 4 is 18.3 Å². The van der Waals surface area contributed by atoms with E-state index < -0.39 is 0 Å². The summed E-state index contributed by atoms with van der Waals surface area (Å²) in [6.07, 6.45) is 0.941. The lowest BCUT2D eigenvalue weighted by atomic mass is 10.1. The summed E-state index contributed by atoms with van der Waals surface area (Å²) in [4.78, 5) is 11.5. The van der Waals surface area contributed by atoms with Crippen molar-refractivity contribution in [2.24, 2.45) is 5.92 Å². The van der Waals surface area contributed by atoms with Crippen LogP contribution in [0.1, 0.15) is 6.42 Å². The van der Waals surface area contributed by atoms with E-state index in [0.29, 0.717) is 26.4 Å². The Hall–Kier alpha value is -0.360. The van der Waals surface area contributed by atoms with Crippen molar-refractivity contribution in [3.8, 4) is 0 Å². The lowest BCUT2D eigenvalue weighted by molar-refractivity contribution is -0.124. The third kappa shape index (κ3) is 6.27. The molecule has 96 valence electrons. The molecule has 0 aromatic rings. The molecule has 1 rings (SSSR count). The number of amides is 1. The van der Waals surface area contributed by atoms with Gasteiger partial charge in [0.15, 0.2) is 0 Å². The van der Waals surface area contributed by atoms with Crippen LogP contribution in [0.15, 0.2) is 0 Å². The molecule has 1 atom stereocenters. The second-order valence-corrected chi connectivity index (χ2v) is 3.59. The van der Waals surface area contributed by atoms with Crippen LogP contribution < -0.4 is 10.6 Å². The highest BCUT2D eigenvalue weighted by molar-refractivity contribution is 5.85. The summed E-state index contributed by atoms with van der Waals surface area (Å²) in [6.45, 7) is 4.06. The minimum atomic E-state index is 0. The number of carbonyl (C=O) groups excluding carboxylic acids is 1. The highest BCUT2D eigenvalue weighted by atomic mass is 35.5. The molecule has 6 heteroatoms. The Bertz CT molecular complexity index is 187. The van der Waals surface area contributed by atoms with Crippen molar-refractivity contribution < 1.29 is 14.3 Å². The van der Waals surface area contributed by atoms with Crippen LogP contribution in [0.4, 0.5) is 0 Å². The Labute approximate surface area is 103 Å². The molecule has 1 heterocycles. The summed E-state index contributed by atoms with van der Waals surface area (Å²) in [5.41, 5.74) is 0. The zero-order chi connectivity index (χ0) is 10.9. The molecule has 1 saturated heterocycles. The first-order chi connectivity index (χ1) is 7.34. The van der Waals surface area contributed by atoms with E-state index in [-0.39, 0.29) is 24.2 Å². The molecule has 1 aliphatic heterocycles. The minimum Gasteiger partial charge on any atom is -0.382 e. The largest absolute Gasteiger partial charge is 0.382 e. The van der Waals surface area contributed by atoms with E-state index in [0.717, 1.165) is 19.5 Å². The number of carbonyl (C=O) groups is 1. The topological polar surface area (TPSA) is 59.6 Å². The lowest BCUT2D eigenvalue weighted by Crippen LogP contribution is -2.34. The second kappa shape index (κ2) is 9.84. The van der Waals surface area contributed by atoms with E-state index in [9.17, 15) is 4.79 Å². The first-order valence-corrected chi connectivity index (χ1v) is 5.39. The van der Waals surface area contributed by atoms with Crippen molar-refractivity contribution in [3.05, 3.63) is 0 Å². The third-order valence-electron chi connectivity index (χ3n) is 2.41. The molecular weight excluding hydrogens is 232 g/mol. The normalized spacial score (nSPS) is 19.2. The first-order valence-electron chi connectivity index (χ1n) is 5.39. The van der Waals surface area contributed by atoms with Gasteiger partial charge in [-0.2, -0.15) is 0 Å². The molecule has 1 amide bonds. The predicted octanol–water partition coefficient (Wildman–Crippen LogP) is -0.203. The minimum absolute atomic E-state index is 0. The van der Waals surface area contributed by atoms with E-state index in [1.165, 1.54) is 0 Å². The average Bonchev–Trinajstić information content (AvgIpc) is 2.76. The molecule has 5 nitrogen and oxygen atoms in total. The van der Waals surface area contributed by atoms with Crippen molar-refractivity contribution in [2.75, 3.05) is 46.6 Å². The molecule has 0 aliphatic carbocycles. The molecule has 1 fully saturated rings. The monoisotopic (exact) mass is 252 g/mol. The van der Waals surface area contributed by atoms with Crippen molar-refractivity contribution in [2.45, 2.75) is 6.42 Å². The zero-order valence-corrected chi connectivity index (χ0v) is 10.5. The quantitative estimate of drug-likeness (QED) is 0.616. The van der Waals surface area contributed by atoms with Gasteiger partial charge in [0.2, 0.25) is 5.91 Å². The third-order valence-corrected chi connectivity index (χ3v) is 2.41. The summed E-state index contributed by atoms with van der Waals surface area (Å²) in [5.74, 6) is 0.277. The smallest absolute Gasteiger partial charge is 0.224 e. The first kappa shape index (κ1) is 15.6. The maximum absolute atomic E-state index is 11.5. The number of hydrogen-bond acceptors (Lipinski definition) is 4. The Balaban J connectivity index is 0.00000225. The van der Waals surface area contributed by atoms with E-state index in [1.54, 1.807) is 7.11 Å². The molecule has 16 heavy (non-hydrogen) atoms. The van der Waals surface area contributed by atoms with Gasteiger partial charge in [0.05, 0.1) is 25.7 Å². The fourth-order valence-corrected chi connectivity index (χ4v) is 1.51. The maximum Gasteiger partial charge on any atom is 0.224 e. The lowest BCUT2D eigenvalue weighted by Gasteiger charge is -2.09. The number of halogens is 1. The van der Waals surface area contributed by atoms with Gasteiger partial charge < -0.3 is 20.1 Å². The number of ether oxygens (including phenoxy) is 2. The molecular formula is C10H21ClN2O3. The maximum atomic E-state index is 11.5. The van der Waals surface area contributed by atoms with Gasteiger partial charge in [-0.25, -0.2) is 0 Å². The summed E-state index contributed by atoms with van der Waals surface area (Å²) in [7, 11) is 1.64. The van der Waals surface area contributed by atoms with E-state index in [1.807, 2.05) is 0 Å². The highest BCUT2D eigenvalue weighted by Gasteiger charge is 2.21. The van der Waals surface area contributed by atoms with Crippen LogP contribution in [0.5, 0.6) is 0 Å². The molecule has 2 N–H and O–H groups in total. The van der Waals surface area contributed by atoms with Crippen molar-refractivity contribution in [3.63, 3.8) is 0 Å². The molecule has 0 aromatic carbocycles.